The summed E-state index contributed by atoms with van der Waals surface area (Å²) in [5.74, 6) is 0.397. The summed E-state index contributed by atoms with van der Waals surface area (Å²) >= 11 is 0. The summed E-state index contributed by atoms with van der Waals surface area (Å²) in [7, 11) is 3.84. The Bertz CT molecular complexity index is 933. The maximum absolute atomic E-state index is 10.9. The zero-order chi connectivity index (χ0) is 20.2. The predicted octanol–water partition coefficient (Wildman–Crippen LogP) is 4.66. The Kier molecular flexibility index (Phi) is 5.74. The fraction of sp³-hybridized carbons (Fsp3) is 0.375. The highest BCUT2D eigenvalue weighted by molar-refractivity contribution is 5.77. The number of nitrogens with zero attached hydrogens (tertiary/aromatic N) is 3. The van der Waals surface area contributed by atoms with Crippen molar-refractivity contribution in [2.24, 2.45) is 5.10 Å². The second-order valence-corrected chi connectivity index (χ2v) is 7.72. The van der Waals surface area contributed by atoms with Crippen molar-refractivity contribution in [3.63, 3.8) is 0 Å². The lowest BCUT2D eigenvalue weighted by Crippen LogP contribution is -2.34. The maximum Gasteiger partial charge on any atom is 0.146 e. The molecule has 0 amide bonds. The average molecular weight is 391 g/mol. The van der Waals surface area contributed by atoms with E-state index >= 15 is 0 Å². The molecular formula is C24H30N4O. The maximum atomic E-state index is 10.9. The number of phenols is 1. The van der Waals surface area contributed by atoms with Crippen molar-refractivity contribution < 1.29 is 5.11 Å². The highest BCUT2D eigenvalue weighted by Crippen LogP contribution is 2.45. The summed E-state index contributed by atoms with van der Waals surface area (Å²) in [5, 5.41) is 20.5. The molecule has 0 radical (unpaired) electrons. The van der Waals surface area contributed by atoms with Gasteiger partial charge in [-0.3, -0.25) is 5.01 Å². The van der Waals surface area contributed by atoms with Gasteiger partial charge in [0.25, 0.3) is 0 Å². The number of benzene rings is 2. The molecule has 0 aliphatic carbocycles. The van der Waals surface area contributed by atoms with Gasteiger partial charge in [0.1, 0.15) is 11.4 Å². The molecule has 2 heterocycles. The van der Waals surface area contributed by atoms with Gasteiger partial charge in [0.15, 0.2) is 0 Å². The van der Waals surface area contributed by atoms with Crippen LogP contribution in [0.15, 0.2) is 41.5 Å². The van der Waals surface area contributed by atoms with Crippen LogP contribution < -0.4 is 15.2 Å². The Morgan fingerprint density at radius 3 is 2.83 bits per heavy atom. The van der Waals surface area contributed by atoms with Crippen molar-refractivity contribution in [1.29, 1.82) is 0 Å². The number of hydrogen-bond donors (Lipinski definition) is 2. The van der Waals surface area contributed by atoms with E-state index in [9.17, 15) is 5.11 Å². The Hall–Kier alpha value is -2.95. The second kappa shape index (κ2) is 8.60. The normalized spacial score (nSPS) is 15.7. The highest BCUT2D eigenvalue weighted by atomic mass is 16.3. The van der Waals surface area contributed by atoms with Crippen LogP contribution in [-0.4, -0.2) is 38.5 Å². The molecule has 29 heavy (non-hydrogen) atoms. The highest BCUT2D eigenvalue weighted by Gasteiger charge is 2.28. The zero-order valence-corrected chi connectivity index (χ0v) is 17.4. The molecule has 0 aromatic heterocycles. The molecule has 2 aliphatic rings. The van der Waals surface area contributed by atoms with E-state index in [4.69, 9.17) is 0 Å². The molecule has 2 aliphatic heterocycles. The topological polar surface area (TPSA) is 51.1 Å². The molecule has 152 valence electrons. The molecule has 5 nitrogen and oxygen atoms in total. The van der Waals surface area contributed by atoms with Gasteiger partial charge in [0.2, 0.25) is 0 Å². The van der Waals surface area contributed by atoms with Crippen LogP contribution in [-0.2, 0) is 12.8 Å². The third-order valence-corrected chi connectivity index (χ3v) is 5.85. The second-order valence-electron chi connectivity index (χ2n) is 7.72. The number of rotatable bonds is 6. The Balaban J connectivity index is 1.47. The van der Waals surface area contributed by atoms with Crippen LogP contribution in [0.4, 0.5) is 17.1 Å². The minimum Gasteiger partial charge on any atom is -0.505 e. The van der Waals surface area contributed by atoms with Gasteiger partial charge in [-0.1, -0.05) is 30.4 Å². The van der Waals surface area contributed by atoms with E-state index < -0.39 is 0 Å². The first-order chi connectivity index (χ1) is 14.2. The van der Waals surface area contributed by atoms with Gasteiger partial charge in [-0.2, -0.15) is 5.10 Å². The summed E-state index contributed by atoms with van der Waals surface area (Å²) < 4.78 is 0. The molecule has 0 atom stereocenters. The van der Waals surface area contributed by atoms with E-state index in [0.29, 0.717) is 5.75 Å². The summed E-state index contributed by atoms with van der Waals surface area (Å²) in [4.78, 5) is 2.44. The van der Waals surface area contributed by atoms with Crippen LogP contribution in [0.2, 0.25) is 0 Å². The van der Waals surface area contributed by atoms with E-state index in [1.165, 1.54) is 17.7 Å². The number of nitrogens with one attached hydrogen (secondary N) is 1. The van der Waals surface area contributed by atoms with Crippen molar-refractivity contribution in [2.75, 3.05) is 42.4 Å². The smallest absolute Gasteiger partial charge is 0.146 e. The van der Waals surface area contributed by atoms with Crippen LogP contribution in [0, 0.1) is 0 Å². The van der Waals surface area contributed by atoms with E-state index in [-0.39, 0.29) is 0 Å². The third-order valence-electron chi connectivity index (χ3n) is 5.85. The van der Waals surface area contributed by atoms with Crippen LogP contribution in [0.25, 0.3) is 6.08 Å². The van der Waals surface area contributed by atoms with Crippen LogP contribution >= 0.6 is 0 Å². The summed E-state index contributed by atoms with van der Waals surface area (Å²) in [6, 6.07) is 10.3. The van der Waals surface area contributed by atoms with E-state index in [2.05, 4.69) is 45.7 Å². The first kappa shape index (κ1) is 19.4. The molecule has 5 heteroatoms. The number of aromatic hydroxyl groups is 1. The first-order valence-electron chi connectivity index (χ1n) is 10.5. The van der Waals surface area contributed by atoms with Crippen molar-refractivity contribution in [2.45, 2.75) is 32.1 Å². The van der Waals surface area contributed by atoms with E-state index in [1.807, 2.05) is 32.4 Å². The summed E-state index contributed by atoms with van der Waals surface area (Å²) in [6.07, 6.45) is 11.1. The van der Waals surface area contributed by atoms with Gasteiger partial charge in [-0.15, -0.1) is 0 Å². The monoisotopic (exact) mass is 390 g/mol. The minimum absolute atomic E-state index is 0.397. The number of aryl methyl sites for hydroxylation is 1. The van der Waals surface area contributed by atoms with Crippen molar-refractivity contribution >= 4 is 29.4 Å². The van der Waals surface area contributed by atoms with Crippen molar-refractivity contribution in [3.8, 4) is 5.75 Å². The quantitative estimate of drug-likeness (QED) is 0.556. The molecule has 4 rings (SSSR count). The first-order valence-corrected chi connectivity index (χ1v) is 10.5. The number of phenolic OH excluding ortho intramolecular Hbond substituents is 1. The Labute approximate surface area is 173 Å². The molecule has 0 bridgehead atoms. The van der Waals surface area contributed by atoms with Crippen LogP contribution in [0.5, 0.6) is 5.75 Å². The van der Waals surface area contributed by atoms with Gasteiger partial charge in [-0.25, -0.2) is 0 Å². The number of hydrazone groups is 1. The number of allylic oxidation sites excluding steroid dienone is 1. The summed E-state index contributed by atoms with van der Waals surface area (Å²) in [6.45, 7) is 2.21. The van der Waals surface area contributed by atoms with E-state index in [1.54, 1.807) is 5.01 Å². The lowest BCUT2D eigenvalue weighted by atomic mass is 9.90. The molecule has 0 spiro atoms. The molecule has 2 aromatic rings. The van der Waals surface area contributed by atoms with Gasteiger partial charge in [0.05, 0.1) is 0 Å². The van der Waals surface area contributed by atoms with E-state index in [0.717, 1.165) is 61.3 Å². The molecule has 0 saturated carbocycles. The number of hydrogen-bond acceptors (Lipinski definition) is 5. The van der Waals surface area contributed by atoms with Crippen LogP contribution in [0.1, 0.15) is 36.0 Å². The molecule has 0 saturated heterocycles. The standard InChI is InChI=1S/C24H30N4O/c1-25-21-13-4-3-9-18(21)10-5-6-14-26-27(2)22-17-19-11-7-15-28-16-8-12-20(23(19)28)24(22)29/h3-5,9-10,13-14,17,25,29H,6-8,11-12,15-16H2,1-2H3/b10-5-,26-14+. The van der Waals surface area contributed by atoms with Gasteiger partial charge >= 0.3 is 0 Å². The Morgan fingerprint density at radius 1 is 1.21 bits per heavy atom. The van der Waals surface area contributed by atoms with Gasteiger partial charge < -0.3 is 15.3 Å². The van der Waals surface area contributed by atoms with Gasteiger partial charge in [-0.05, 0) is 48.9 Å². The minimum atomic E-state index is 0.397. The molecule has 0 unspecified atom stereocenters. The lowest BCUT2D eigenvalue weighted by Gasteiger charge is -2.38. The number of anilines is 3. The largest absolute Gasteiger partial charge is 0.505 e. The third kappa shape index (κ3) is 3.95. The zero-order valence-electron chi connectivity index (χ0n) is 17.4. The Morgan fingerprint density at radius 2 is 2.00 bits per heavy atom. The fourth-order valence-electron chi connectivity index (χ4n) is 4.43. The molecule has 2 N–H and O–H groups in total. The summed E-state index contributed by atoms with van der Waals surface area (Å²) in [5.41, 5.74) is 6.82. The fourth-order valence-corrected chi connectivity index (χ4v) is 4.43. The van der Waals surface area contributed by atoms with Crippen molar-refractivity contribution in [1.82, 2.24) is 0 Å². The van der Waals surface area contributed by atoms with Crippen molar-refractivity contribution in [3.05, 3.63) is 53.1 Å². The number of para-hydroxylation sites is 1. The average Bonchev–Trinajstić information content (AvgIpc) is 2.76. The van der Waals surface area contributed by atoms with Crippen LogP contribution in [0.3, 0.4) is 0 Å². The molecular weight excluding hydrogens is 360 g/mol. The molecule has 2 aromatic carbocycles. The predicted molar refractivity (Wildman–Crippen MR) is 123 cm³/mol. The SMILES string of the molecule is CNc1ccccc1/C=C\C/C=N/N(C)c1cc2c3c(c1O)CCCN3CCC2. The van der Waals surface area contributed by atoms with Gasteiger partial charge in [0, 0.05) is 56.8 Å². The lowest BCUT2D eigenvalue weighted by molar-refractivity contribution is 0.462. The molecule has 0 fully saturated rings.